The number of amides is 1. The van der Waals surface area contributed by atoms with Crippen molar-refractivity contribution in [2.75, 3.05) is 7.11 Å². The largest absolute Gasteiger partial charge is 0.481 e. The maximum Gasteiger partial charge on any atom is 0.338 e. The van der Waals surface area contributed by atoms with Crippen molar-refractivity contribution in [2.24, 2.45) is 5.92 Å². The lowest BCUT2D eigenvalue weighted by atomic mass is 9.86. The van der Waals surface area contributed by atoms with E-state index in [4.69, 9.17) is 14.6 Å². The lowest BCUT2D eigenvalue weighted by molar-refractivity contribution is -0.160. The lowest BCUT2D eigenvalue weighted by Crippen LogP contribution is -2.56. The van der Waals surface area contributed by atoms with Gasteiger partial charge in [0.2, 0.25) is 5.91 Å². The van der Waals surface area contributed by atoms with Gasteiger partial charge in [-0.1, -0.05) is 0 Å². The fourth-order valence-corrected chi connectivity index (χ4v) is 4.43. The van der Waals surface area contributed by atoms with E-state index >= 15 is 0 Å². The van der Waals surface area contributed by atoms with Gasteiger partial charge in [-0.3, -0.25) is 14.4 Å². The first-order valence-corrected chi connectivity index (χ1v) is 9.89. The summed E-state index contributed by atoms with van der Waals surface area (Å²) < 4.78 is 23.6. The predicted octanol–water partition coefficient (Wildman–Crippen LogP) is 2.16. The summed E-state index contributed by atoms with van der Waals surface area (Å²) in [6.07, 6.45) is 0.938. The highest BCUT2D eigenvalue weighted by Gasteiger charge is 2.53. The second kappa shape index (κ2) is 9.23. The van der Waals surface area contributed by atoms with Gasteiger partial charge >= 0.3 is 17.9 Å². The van der Waals surface area contributed by atoms with Crippen LogP contribution in [-0.2, 0) is 23.9 Å². The van der Waals surface area contributed by atoms with Crippen LogP contribution in [-0.4, -0.2) is 59.1 Å². The van der Waals surface area contributed by atoms with Gasteiger partial charge in [0, 0.05) is 31.3 Å². The predicted molar refractivity (Wildman–Crippen MR) is 101 cm³/mol. The Labute approximate surface area is 172 Å². The molecule has 4 atom stereocenters. The van der Waals surface area contributed by atoms with E-state index in [-0.39, 0.29) is 43.2 Å². The number of hydrogen-bond acceptors (Lipinski definition) is 6. The molecule has 1 aromatic rings. The number of carbonyl (C=O) groups is 4. The third-order valence-corrected chi connectivity index (χ3v) is 5.75. The second-order valence-corrected chi connectivity index (χ2v) is 7.58. The molecule has 1 aromatic carbocycles. The number of esters is 2. The fourth-order valence-electron chi connectivity index (χ4n) is 4.43. The third-order valence-electron chi connectivity index (χ3n) is 5.75. The Balaban J connectivity index is 1.74. The molecule has 2 bridgehead atoms. The Morgan fingerprint density at radius 3 is 2.47 bits per heavy atom. The molecule has 0 aromatic heterocycles. The normalized spacial score (nSPS) is 24.9. The zero-order chi connectivity index (χ0) is 21.8. The van der Waals surface area contributed by atoms with Crippen molar-refractivity contribution in [1.29, 1.82) is 0 Å². The van der Waals surface area contributed by atoms with E-state index in [1.165, 1.54) is 19.2 Å². The molecule has 0 saturated carbocycles. The summed E-state index contributed by atoms with van der Waals surface area (Å²) in [4.78, 5) is 50.1. The van der Waals surface area contributed by atoms with Gasteiger partial charge < -0.3 is 19.5 Å². The molecule has 30 heavy (non-hydrogen) atoms. The van der Waals surface area contributed by atoms with E-state index in [0.717, 1.165) is 12.1 Å². The molecule has 162 valence electrons. The van der Waals surface area contributed by atoms with Crippen molar-refractivity contribution in [3.05, 3.63) is 35.6 Å². The summed E-state index contributed by atoms with van der Waals surface area (Å²) >= 11 is 0. The van der Waals surface area contributed by atoms with Crippen molar-refractivity contribution in [3.8, 4) is 0 Å². The maximum absolute atomic E-state index is 13.1. The summed E-state index contributed by atoms with van der Waals surface area (Å²) in [6, 6.07) is 4.24. The molecule has 3 rings (SSSR count). The van der Waals surface area contributed by atoms with E-state index in [2.05, 4.69) is 0 Å². The molecule has 2 fully saturated rings. The molecule has 0 spiro atoms. The van der Waals surface area contributed by atoms with Crippen LogP contribution < -0.4 is 0 Å². The molecule has 2 aliphatic rings. The Bertz CT molecular complexity index is 825. The number of rotatable bonds is 7. The van der Waals surface area contributed by atoms with Crippen molar-refractivity contribution < 1.29 is 38.1 Å². The average molecular weight is 421 g/mol. The number of methoxy groups -OCH3 is 1. The average Bonchev–Trinajstić information content (AvgIpc) is 3.02. The van der Waals surface area contributed by atoms with Gasteiger partial charge in [0.15, 0.2) is 0 Å². The SMILES string of the molecule is COC(=O)[C@H]1[C@@H](OC(=O)c2ccc(F)cc2)C[C@@H]2CC[C@H]1N2C(=O)CCCC(=O)O. The number of benzene rings is 1. The van der Waals surface area contributed by atoms with Crippen LogP contribution in [0.4, 0.5) is 4.39 Å². The van der Waals surface area contributed by atoms with Crippen LogP contribution in [0.15, 0.2) is 24.3 Å². The van der Waals surface area contributed by atoms with Crippen molar-refractivity contribution in [2.45, 2.75) is 56.7 Å². The second-order valence-electron chi connectivity index (χ2n) is 7.58. The van der Waals surface area contributed by atoms with Gasteiger partial charge in [-0.05, 0) is 43.5 Å². The van der Waals surface area contributed by atoms with Crippen LogP contribution in [0.25, 0.3) is 0 Å². The van der Waals surface area contributed by atoms with Gasteiger partial charge in [-0.15, -0.1) is 0 Å². The van der Waals surface area contributed by atoms with Crippen molar-refractivity contribution in [1.82, 2.24) is 4.90 Å². The van der Waals surface area contributed by atoms with Crippen LogP contribution in [0.3, 0.4) is 0 Å². The molecular weight excluding hydrogens is 397 g/mol. The monoisotopic (exact) mass is 421 g/mol. The smallest absolute Gasteiger partial charge is 0.338 e. The summed E-state index contributed by atoms with van der Waals surface area (Å²) in [7, 11) is 1.24. The summed E-state index contributed by atoms with van der Waals surface area (Å²) in [5.41, 5.74) is 0.166. The molecule has 1 amide bonds. The Morgan fingerprint density at radius 2 is 1.83 bits per heavy atom. The molecule has 2 saturated heterocycles. The molecule has 0 unspecified atom stereocenters. The highest BCUT2D eigenvalue weighted by atomic mass is 19.1. The Morgan fingerprint density at radius 1 is 1.13 bits per heavy atom. The minimum Gasteiger partial charge on any atom is -0.481 e. The minimum atomic E-state index is -0.968. The highest BCUT2D eigenvalue weighted by Crippen LogP contribution is 2.42. The summed E-state index contributed by atoms with van der Waals surface area (Å²) in [5.74, 6) is -3.73. The maximum atomic E-state index is 13.1. The number of nitrogens with zero attached hydrogens (tertiary/aromatic N) is 1. The zero-order valence-corrected chi connectivity index (χ0v) is 16.6. The van der Waals surface area contributed by atoms with E-state index in [9.17, 15) is 23.6 Å². The van der Waals surface area contributed by atoms with Crippen LogP contribution in [0.5, 0.6) is 0 Å². The first kappa shape index (κ1) is 21.7. The molecule has 9 heteroatoms. The Hall–Kier alpha value is -2.97. The number of carbonyl (C=O) groups excluding carboxylic acids is 3. The van der Waals surface area contributed by atoms with Gasteiger partial charge in [-0.2, -0.15) is 0 Å². The third kappa shape index (κ3) is 4.60. The number of aliphatic carboxylic acids is 1. The van der Waals surface area contributed by atoms with E-state index in [1.54, 1.807) is 4.90 Å². The summed E-state index contributed by atoms with van der Waals surface area (Å²) in [5, 5.41) is 8.77. The zero-order valence-electron chi connectivity index (χ0n) is 16.6. The molecule has 8 nitrogen and oxygen atoms in total. The van der Waals surface area contributed by atoms with Crippen molar-refractivity contribution >= 4 is 23.8 Å². The van der Waals surface area contributed by atoms with Crippen LogP contribution in [0, 0.1) is 11.7 Å². The number of carboxylic acids is 1. The number of ether oxygens (including phenoxy) is 2. The number of halogens is 1. The number of hydrogen-bond donors (Lipinski definition) is 1. The lowest BCUT2D eigenvalue weighted by Gasteiger charge is -2.42. The van der Waals surface area contributed by atoms with E-state index in [1.807, 2.05) is 0 Å². The molecule has 0 radical (unpaired) electrons. The number of piperidine rings is 1. The number of fused-ring (bicyclic) bond motifs is 2. The van der Waals surface area contributed by atoms with Crippen LogP contribution in [0.1, 0.15) is 48.9 Å². The highest BCUT2D eigenvalue weighted by molar-refractivity contribution is 5.90. The molecule has 1 N–H and O–H groups in total. The molecule has 2 aliphatic heterocycles. The van der Waals surface area contributed by atoms with Gasteiger partial charge in [0.25, 0.3) is 0 Å². The molecule has 2 heterocycles. The molecule has 0 aliphatic carbocycles. The Kier molecular flexibility index (Phi) is 6.69. The molecular formula is C21H24FNO7. The standard InChI is InChI=1S/C21H24FNO7/c1-29-21(28)19-15-10-9-14(23(15)17(24)3-2-4-18(25)26)11-16(19)30-20(27)12-5-7-13(22)8-6-12/h5-8,14-16,19H,2-4,9-11H2,1H3,(H,25,26)/t14-,15+,16-,19+/m0/s1. The fraction of sp³-hybridized carbons (Fsp3) is 0.524. The van der Waals surface area contributed by atoms with E-state index < -0.39 is 41.8 Å². The summed E-state index contributed by atoms with van der Waals surface area (Å²) in [6.45, 7) is 0. The van der Waals surface area contributed by atoms with Gasteiger partial charge in [-0.25, -0.2) is 9.18 Å². The van der Waals surface area contributed by atoms with Crippen molar-refractivity contribution in [3.63, 3.8) is 0 Å². The van der Waals surface area contributed by atoms with E-state index in [0.29, 0.717) is 12.8 Å². The number of carboxylic acid groups (broad SMARTS) is 1. The van der Waals surface area contributed by atoms with Crippen LogP contribution >= 0.6 is 0 Å². The minimum absolute atomic E-state index is 0.0766. The topological polar surface area (TPSA) is 110 Å². The van der Waals surface area contributed by atoms with Crippen LogP contribution in [0.2, 0.25) is 0 Å². The first-order valence-electron chi connectivity index (χ1n) is 9.89. The van der Waals surface area contributed by atoms with Gasteiger partial charge in [0.1, 0.15) is 17.8 Å². The quantitative estimate of drug-likeness (QED) is 0.672. The first-order chi connectivity index (χ1) is 14.3. The van der Waals surface area contributed by atoms with Gasteiger partial charge in [0.05, 0.1) is 12.7 Å².